The van der Waals surface area contributed by atoms with Crippen molar-refractivity contribution < 1.29 is 19.0 Å². The van der Waals surface area contributed by atoms with E-state index >= 15 is 0 Å². The van der Waals surface area contributed by atoms with Gasteiger partial charge in [0.2, 0.25) is 11.8 Å². The largest absolute Gasteiger partial charge is 0.481 e. The normalized spacial score (nSPS) is 14.7. The molecule has 0 radical (unpaired) electrons. The molecule has 0 unspecified atom stereocenters. The van der Waals surface area contributed by atoms with Crippen LogP contribution in [0.2, 0.25) is 0 Å². The molecule has 2 heterocycles. The summed E-state index contributed by atoms with van der Waals surface area (Å²) in [5.74, 6) is -0.702. The third kappa shape index (κ3) is 4.57. The molecule has 1 fully saturated rings. The number of halogens is 1. The highest BCUT2D eigenvalue weighted by molar-refractivity contribution is 6.01. The van der Waals surface area contributed by atoms with E-state index in [-0.39, 0.29) is 0 Å². The van der Waals surface area contributed by atoms with Crippen molar-refractivity contribution in [1.29, 1.82) is 0 Å². The maximum atomic E-state index is 14.4. The molecule has 6 nitrogen and oxygen atoms in total. The first-order valence-electron chi connectivity index (χ1n) is 11.4. The second kappa shape index (κ2) is 9.54. The number of ether oxygens (including phenoxy) is 1. The molecule has 1 aliphatic rings. The fourth-order valence-electron chi connectivity index (χ4n) is 4.46. The maximum absolute atomic E-state index is 14.4. The number of carboxylic acid groups (broad SMARTS) is 1. The van der Waals surface area contributed by atoms with Crippen LogP contribution in [0.5, 0.6) is 5.88 Å². The zero-order valence-corrected chi connectivity index (χ0v) is 19.2. The van der Waals surface area contributed by atoms with Gasteiger partial charge in [-0.15, -0.1) is 5.10 Å². The molecule has 2 aromatic heterocycles. The number of aromatic amines is 1. The molecule has 2 N–H and O–H groups in total. The summed E-state index contributed by atoms with van der Waals surface area (Å²) < 4.78 is 19.8. The number of carbonyl (C=O) groups is 1. The SMILES string of the molecule is COc1cccc(C(=C(c2ccc(C=CC(=O)O)cc2)c2ccc3[nH]nc(F)c3c2)C2CCC2)n1. The molecule has 4 aromatic rings. The number of pyridine rings is 1. The van der Waals surface area contributed by atoms with Crippen LogP contribution in [0.25, 0.3) is 28.1 Å². The summed E-state index contributed by atoms with van der Waals surface area (Å²) in [5, 5.41) is 15.8. The fourth-order valence-corrected chi connectivity index (χ4v) is 4.46. The Balaban J connectivity index is 1.74. The second-order valence-electron chi connectivity index (χ2n) is 8.55. The Labute approximate surface area is 201 Å². The lowest BCUT2D eigenvalue weighted by Crippen LogP contribution is -2.16. The van der Waals surface area contributed by atoms with Crippen molar-refractivity contribution >= 4 is 34.1 Å². The van der Waals surface area contributed by atoms with Gasteiger partial charge in [0.15, 0.2) is 0 Å². The van der Waals surface area contributed by atoms with Gasteiger partial charge in [0.25, 0.3) is 0 Å². The fraction of sp³-hybridized carbons (Fsp3) is 0.179. The Morgan fingerprint density at radius 2 is 1.89 bits per heavy atom. The molecule has 0 spiro atoms. The van der Waals surface area contributed by atoms with Gasteiger partial charge in [0, 0.05) is 12.1 Å². The number of rotatable bonds is 7. The Bertz CT molecular complexity index is 1450. The van der Waals surface area contributed by atoms with Crippen molar-refractivity contribution in [3.8, 4) is 5.88 Å². The Hall–Kier alpha value is -4.26. The second-order valence-corrected chi connectivity index (χ2v) is 8.55. The molecule has 5 rings (SSSR count). The number of fused-ring (bicyclic) bond motifs is 1. The standard InChI is InChI=1S/C28H24FN3O3/c1-35-24-7-3-6-23(30-24)27(18-4-2-5-18)26(19-11-8-17(9-12-19)10-15-25(33)34)20-13-14-22-21(16-20)28(29)32-31-22/h3,6-16,18H,2,4-5H2,1H3,(H,31,32)(H,33,34). The molecule has 0 amide bonds. The van der Waals surface area contributed by atoms with Gasteiger partial charge in [0.1, 0.15) is 0 Å². The number of hydrogen-bond acceptors (Lipinski definition) is 4. The van der Waals surface area contributed by atoms with Gasteiger partial charge >= 0.3 is 5.97 Å². The van der Waals surface area contributed by atoms with Crippen molar-refractivity contribution in [2.75, 3.05) is 7.11 Å². The van der Waals surface area contributed by atoms with Gasteiger partial charge in [-0.25, -0.2) is 9.78 Å². The summed E-state index contributed by atoms with van der Waals surface area (Å²) >= 11 is 0. The number of hydrogen-bond donors (Lipinski definition) is 2. The first-order valence-corrected chi connectivity index (χ1v) is 11.4. The number of benzene rings is 2. The lowest BCUT2D eigenvalue weighted by atomic mass is 9.74. The van der Waals surface area contributed by atoms with Gasteiger partial charge in [-0.05, 0) is 70.9 Å². The van der Waals surface area contributed by atoms with Crippen LogP contribution in [-0.4, -0.2) is 33.4 Å². The zero-order chi connectivity index (χ0) is 24.4. The summed E-state index contributed by atoms with van der Waals surface area (Å²) in [6.07, 6.45) is 5.89. The van der Waals surface area contributed by atoms with Gasteiger partial charge in [-0.2, -0.15) is 4.39 Å². The van der Waals surface area contributed by atoms with Crippen LogP contribution >= 0.6 is 0 Å². The quantitative estimate of drug-likeness (QED) is 0.326. The first-order chi connectivity index (χ1) is 17.0. The number of methoxy groups -OCH3 is 1. The molecular formula is C28H24FN3O3. The van der Waals surface area contributed by atoms with E-state index in [2.05, 4.69) is 10.2 Å². The smallest absolute Gasteiger partial charge is 0.328 e. The van der Waals surface area contributed by atoms with Gasteiger partial charge in [0.05, 0.1) is 23.7 Å². The molecule has 0 bridgehead atoms. The maximum Gasteiger partial charge on any atom is 0.328 e. The molecule has 7 heteroatoms. The number of allylic oxidation sites excluding steroid dienone is 1. The van der Waals surface area contributed by atoms with Crippen LogP contribution in [0, 0.1) is 11.9 Å². The zero-order valence-electron chi connectivity index (χ0n) is 19.2. The van der Waals surface area contributed by atoms with Crippen LogP contribution in [0.1, 0.15) is 41.6 Å². The third-order valence-electron chi connectivity index (χ3n) is 6.41. The summed E-state index contributed by atoms with van der Waals surface area (Å²) in [4.78, 5) is 15.7. The first kappa shape index (κ1) is 22.5. The molecule has 2 aromatic carbocycles. The minimum atomic E-state index is -0.999. The number of H-pyrrole nitrogens is 1. The Kier molecular flexibility index (Phi) is 6.14. The highest BCUT2D eigenvalue weighted by atomic mass is 19.1. The van der Waals surface area contributed by atoms with Crippen LogP contribution in [-0.2, 0) is 4.79 Å². The highest BCUT2D eigenvalue weighted by Crippen LogP contribution is 2.45. The van der Waals surface area contributed by atoms with Crippen molar-refractivity contribution in [1.82, 2.24) is 15.2 Å². The lowest BCUT2D eigenvalue weighted by Gasteiger charge is -2.31. The number of carboxylic acids is 1. The minimum absolute atomic E-state index is 0.307. The summed E-state index contributed by atoms with van der Waals surface area (Å²) in [7, 11) is 1.60. The van der Waals surface area contributed by atoms with Gasteiger partial charge in [-0.1, -0.05) is 42.8 Å². The predicted octanol–water partition coefficient (Wildman–Crippen LogP) is 5.96. The van der Waals surface area contributed by atoms with Gasteiger partial charge < -0.3 is 9.84 Å². The van der Waals surface area contributed by atoms with E-state index in [1.807, 2.05) is 60.7 Å². The molecule has 0 aliphatic heterocycles. The van der Waals surface area contributed by atoms with E-state index in [0.717, 1.165) is 58.9 Å². The van der Waals surface area contributed by atoms with Crippen molar-refractivity contribution in [3.63, 3.8) is 0 Å². The summed E-state index contributed by atoms with van der Waals surface area (Å²) in [6, 6.07) is 19.0. The average molecular weight is 470 g/mol. The third-order valence-corrected chi connectivity index (χ3v) is 6.41. The average Bonchev–Trinajstić information content (AvgIpc) is 3.22. The molecule has 1 saturated carbocycles. The highest BCUT2D eigenvalue weighted by Gasteiger charge is 2.28. The van der Waals surface area contributed by atoms with E-state index in [9.17, 15) is 9.18 Å². The molecule has 0 saturated heterocycles. The molecule has 0 atom stereocenters. The number of nitrogens with one attached hydrogen (secondary N) is 1. The number of aromatic nitrogens is 3. The van der Waals surface area contributed by atoms with Crippen molar-refractivity contribution in [2.45, 2.75) is 19.3 Å². The number of aliphatic carboxylic acids is 1. The lowest BCUT2D eigenvalue weighted by molar-refractivity contribution is -0.131. The minimum Gasteiger partial charge on any atom is -0.481 e. The van der Waals surface area contributed by atoms with Crippen LogP contribution < -0.4 is 4.74 Å². The monoisotopic (exact) mass is 469 g/mol. The van der Waals surface area contributed by atoms with Gasteiger partial charge in [-0.3, -0.25) is 5.10 Å². The molecule has 1 aliphatic carbocycles. The Morgan fingerprint density at radius 3 is 2.57 bits per heavy atom. The van der Waals surface area contributed by atoms with E-state index in [1.165, 1.54) is 0 Å². The molecule has 35 heavy (non-hydrogen) atoms. The molecule has 176 valence electrons. The van der Waals surface area contributed by atoms with E-state index in [1.54, 1.807) is 13.2 Å². The topological polar surface area (TPSA) is 88.1 Å². The number of nitrogens with zero attached hydrogens (tertiary/aromatic N) is 2. The van der Waals surface area contributed by atoms with E-state index in [4.69, 9.17) is 14.8 Å². The van der Waals surface area contributed by atoms with Crippen molar-refractivity contribution in [3.05, 3.63) is 95.1 Å². The summed E-state index contributed by atoms with van der Waals surface area (Å²) in [6.45, 7) is 0. The van der Waals surface area contributed by atoms with E-state index in [0.29, 0.717) is 22.7 Å². The van der Waals surface area contributed by atoms with E-state index < -0.39 is 11.9 Å². The van der Waals surface area contributed by atoms with Crippen molar-refractivity contribution in [2.24, 2.45) is 5.92 Å². The predicted molar refractivity (Wildman–Crippen MR) is 133 cm³/mol. The van der Waals surface area contributed by atoms with Crippen LogP contribution in [0.15, 0.2) is 66.7 Å². The van der Waals surface area contributed by atoms with Crippen LogP contribution in [0.4, 0.5) is 4.39 Å². The Morgan fingerprint density at radius 1 is 1.11 bits per heavy atom. The molecular weight excluding hydrogens is 445 g/mol. The summed E-state index contributed by atoms with van der Waals surface area (Å²) in [5.41, 5.74) is 6.08. The van der Waals surface area contributed by atoms with Crippen LogP contribution in [0.3, 0.4) is 0 Å².